The lowest BCUT2D eigenvalue weighted by Gasteiger charge is -2.33. The van der Waals surface area contributed by atoms with Crippen LogP contribution in [0.3, 0.4) is 0 Å². The number of halogens is 1. The monoisotopic (exact) mass is 583 g/mol. The summed E-state index contributed by atoms with van der Waals surface area (Å²) in [6.45, 7) is 7.37. The first-order valence-electron chi connectivity index (χ1n) is 13.6. The second kappa shape index (κ2) is 14.3. The van der Waals surface area contributed by atoms with Gasteiger partial charge in [-0.3, -0.25) is 13.9 Å². The number of amides is 2. The molecule has 0 saturated heterocycles. The lowest BCUT2D eigenvalue weighted by atomic mass is 10.1. The van der Waals surface area contributed by atoms with E-state index in [1.807, 2.05) is 58.0 Å². The lowest BCUT2D eigenvalue weighted by molar-refractivity contribution is -0.139. The number of benzene rings is 3. The molecule has 3 rings (SSSR count). The molecule has 7 nitrogen and oxygen atoms in total. The van der Waals surface area contributed by atoms with E-state index in [-0.39, 0.29) is 29.1 Å². The molecular formula is C31H38ClN3O4S. The van der Waals surface area contributed by atoms with Gasteiger partial charge >= 0.3 is 0 Å². The Morgan fingerprint density at radius 3 is 2.20 bits per heavy atom. The van der Waals surface area contributed by atoms with E-state index in [1.54, 1.807) is 30.3 Å². The summed E-state index contributed by atoms with van der Waals surface area (Å²) < 4.78 is 28.8. The molecule has 0 aromatic heterocycles. The van der Waals surface area contributed by atoms with E-state index in [9.17, 15) is 18.0 Å². The van der Waals surface area contributed by atoms with Gasteiger partial charge < -0.3 is 10.2 Å². The summed E-state index contributed by atoms with van der Waals surface area (Å²) in [4.78, 5) is 28.9. The Labute approximate surface area is 243 Å². The van der Waals surface area contributed by atoms with E-state index >= 15 is 0 Å². The van der Waals surface area contributed by atoms with Crippen molar-refractivity contribution in [1.82, 2.24) is 10.2 Å². The van der Waals surface area contributed by atoms with Crippen LogP contribution in [0.1, 0.15) is 44.7 Å². The Morgan fingerprint density at radius 2 is 1.60 bits per heavy atom. The fraction of sp³-hybridized carbons (Fsp3) is 0.355. The molecule has 0 aliphatic rings. The Kier molecular flexibility index (Phi) is 11.2. The van der Waals surface area contributed by atoms with Crippen LogP contribution in [0.15, 0.2) is 83.8 Å². The topological polar surface area (TPSA) is 86.8 Å². The molecule has 0 aliphatic carbocycles. The van der Waals surface area contributed by atoms with Crippen molar-refractivity contribution in [2.45, 2.75) is 63.9 Å². The predicted molar refractivity (Wildman–Crippen MR) is 161 cm³/mol. The number of nitrogens with one attached hydrogen (secondary N) is 1. The number of hydrogen-bond donors (Lipinski definition) is 1. The summed E-state index contributed by atoms with van der Waals surface area (Å²) in [5, 5.41) is 3.33. The summed E-state index contributed by atoms with van der Waals surface area (Å²) >= 11 is 6.23. The van der Waals surface area contributed by atoms with Crippen molar-refractivity contribution in [1.29, 1.82) is 0 Å². The third-order valence-electron chi connectivity index (χ3n) is 6.86. The van der Waals surface area contributed by atoms with E-state index in [0.29, 0.717) is 17.9 Å². The van der Waals surface area contributed by atoms with Crippen LogP contribution in [0.4, 0.5) is 5.69 Å². The molecule has 2 atom stereocenters. The second-order valence-corrected chi connectivity index (χ2v) is 12.2. The van der Waals surface area contributed by atoms with Crippen LogP contribution < -0.4 is 9.62 Å². The van der Waals surface area contributed by atoms with Gasteiger partial charge in [0, 0.05) is 17.6 Å². The first-order valence-corrected chi connectivity index (χ1v) is 15.4. The molecule has 0 fully saturated rings. The Morgan fingerprint density at radius 1 is 0.925 bits per heavy atom. The van der Waals surface area contributed by atoms with Crippen LogP contribution in [0, 0.1) is 6.92 Å². The number of nitrogens with zero attached hydrogens (tertiary/aromatic N) is 2. The van der Waals surface area contributed by atoms with Crippen LogP contribution in [-0.2, 0) is 26.0 Å². The van der Waals surface area contributed by atoms with E-state index in [4.69, 9.17) is 11.6 Å². The van der Waals surface area contributed by atoms with Crippen molar-refractivity contribution < 1.29 is 18.0 Å². The first kappa shape index (κ1) is 31.2. The van der Waals surface area contributed by atoms with E-state index in [1.165, 1.54) is 23.1 Å². The molecule has 1 N–H and O–H groups in total. The summed E-state index contributed by atoms with van der Waals surface area (Å²) in [6, 6.07) is 21.7. The number of hydrogen-bond acceptors (Lipinski definition) is 4. The first-order chi connectivity index (χ1) is 19.1. The summed E-state index contributed by atoms with van der Waals surface area (Å²) in [5.41, 5.74) is 2.19. The molecule has 40 heavy (non-hydrogen) atoms. The third kappa shape index (κ3) is 8.08. The molecule has 2 amide bonds. The Bertz CT molecular complexity index is 1380. The zero-order chi connectivity index (χ0) is 29.3. The number of sulfonamides is 1. The average Bonchev–Trinajstić information content (AvgIpc) is 2.94. The number of carbonyl (C=O) groups excluding carboxylic acids is 2. The fourth-order valence-electron chi connectivity index (χ4n) is 4.33. The molecular weight excluding hydrogens is 546 g/mol. The zero-order valence-electron chi connectivity index (χ0n) is 23.5. The summed E-state index contributed by atoms with van der Waals surface area (Å²) in [5.74, 6) is -0.730. The van der Waals surface area contributed by atoms with Crippen molar-refractivity contribution in [2.75, 3.05) is 17.4 Å². The van der Waals surface area contributed by atoms with E-state index < -0.39 is 28.5 Å². The summed E-state index contributed by atoms with van der Waals surface area (Å²) in [7, 11) is -4.13. The van der Waals surface area contributed by atoms with Gasteiger partial charge in [-0.2, -0.15) is 0 Å². The minimum absolute atomic E-state index is 0.0579. The van der Waals surface area contributed by atoms with Crippen molar-refractivity contribution in [3.8, 4) is 0 Å². The van der Waals surface area contributed by atoms with Crippen molar-refractivity contribution in [2.24, 2.45) is 0 Å². The largest absolute Gasteiger partial charge is 0.352 e. The SMILES string of the molecule is CC[C@H](C(=O)N[C@@H](C)CC)N(CCc1ccccc1)C(=O)CN(c1cccc(Cl)c1)S(=O)(=O)c1ccc(C)cc1. The molecule has 3 aromatic carbocycles. The van der Waals surface area contributed by atoms with Crippen molar-refractivity contribution in [3.05, 3.63) is 95.0 Å². The molecule has 0 radical (unpaired) electrons. The highest BCUT2D eigenvalue weighted by atomic mass is 35.5. The molecule has 0 aliphatic heterocycles. The highest BCUT2D eigenvalue weighted by Crippen LogP contribution is 2.27. The van der Waals surface area contributed by atoms with Gasteiger partial charge in [0.2, 0.25) is 11.8 Å². The molecule has 214 valence electrons. The fourth-order valence-corrected chi connectivity index (χ4v) is 5.92. The van der Waals surface area contributed by atoms with Crippen LogP contribution >= 0.6 is 11.6 Å². The van der Waals surface area contributed by atoms with Gasteiger partial charge in [-0.15, -0.1) is 0 Å². The van der Waals surface area contributed by atoms with Gasteiger partial charge in [0.25, 0.3) is 10.0 Å². The Hall–Kier alpha value is -3.36. The smallest absolute Gasteiger partial charge is 0.264 e. The normalized spacial score (nSPS) is 12.8. The molecule has 0 saturated carbocycles. The summed E-state index contributed by atoms with van der Waals surface area (Å²) in [6.07, 6.45) is 1.64. The number of aryl methyl sites for hydroxylation is 1. The van der Waals surface area contributed by atoms with Crippen LogP contribution in [0.5, 0.6) is 0 Å². The van der Waals surface area contributed by atoms with Gasteiger partial charge in [-0.05, 0) is 69.0 Å². The number of rotatable bonds is 13. The predicted octanol–water partition coefficient (Wildman–Crippen LogP) is 5.61. The van der Waals surface area contributed by atoms with Gasteiger partial charge in [0.1, 0.15) is 12.6 Å². The third-order valence-corrected chi connectivity index (χ3v) is 8.88. The molecule has 0 heterocycles. The highest BCUT2D eigenvalue weighted by molar-refractivity contribution is 7.92. The second-order valence-electron chi connectivity index (χ2n) is 9.87. The quantitative estimate of drug-likeness (QED) is 0.283. The maximum absolute atomic E-state index is 14.0. The Balaban J connectivity index is 2.01. The van der Waals surface area contributed by atoms with Gasteiger partial charge in [0.15, 0.2) is 0 Å². The van der Waals surface area contributed by atoms with E-state index in [0.717, 1.165) is 21.9 Å². The molecule has 0 unspecified atom stereocenters. The average molecular weight is 584 g/mol. The molecule has 9 heteroatoms. The van der Waals surface area contributed by atoms with Gasteiger partial charge in [-0.1, -0.05) is 79.5 Å². The molecule has 0 spiro atoms. The lowest BCUT2D eigenvalue weighted by Crippen LogP contribution is -2.54. The maximum Gasteiger partial charge on any atom is 0.264 e. The standard InChI is InChI=1S/C31H38ClN3O4S/c1-5-24(4)33-31(37)29(6-2)34(20-19-25-11-8-7-9-12-25)30(36)22-35(27-14-10-13-26(32)21-27)40(38,39)28-17-15-23(3)16-18-28/h7-18,21,24,29H,5-6,19-20,22H2,1-4H3,(H,33,37)/t24-,29+/m0/s1. The van der Waals surface area contributed by atoms with Crippen molar-refractivity contribution >= 4 is 39.1 Å². The highest BCUT2D eigenvalue weighted by Gasteiger charge is 2.33. The molecule has 3 aromatic rings. The van der Waals surface area contributed by atoms with Gasteiger partial charge in [0.05, 0.1) is 10.6 Å². The van der Waals surface area contributed by atoms with Crippen molar-refractivity contribution in [3.63, 3.8) is 0 Å². The van der Waals surface area contributed by atoms with Crippen LogP contribution in [0.2, 0.25) is 5.02 Å². The minimum atomic E-state index is -4.13. The van der Waals surface area contributed by atoms with E-state index in [2.05, 4.69) is 5.32 Å². The number of anilines is 1. The van der Waals surface area contributed by atoms with Crippen LogP contribution in [-0.4, -0.2) is 50.3 Å². The zero-order valence-corrected chi connectivity index (χ0v) is 25.1. The maximum atomic E-state index is 14.0. The number of carbonyl (C=O) groups is 2. The minimum Gasteiger partial charge on any atom is -0.352 e. The van der Waals surface area contributed by atoms with Gasteiger partial charge in [-0.25, -0.2) is 8.42 Å². The van der Waals surface area contributed by atoms with Crippen LogP contribution in [0.25, 0.3) is 0 Å². The molecule has 0 bridgehead atoms.